The zero-order valence-corrected chi connectivity index (χ0v) is 18.4. The molecule has 146 valence electrons. The lowest BCUT2D eigenvalue weighted by atomic mass is 10.2. The maximum atomic E-state index is 12.9. The molecule has 12 heteroatoms. The monoisotopic (exact) mass is 492 g/mol. The van der Waals surface area contributed by atoms with Crippen molar-refractivity contribution < 1.29 is 17.9 Å². The van der Waals surface area contributed by atoms with Crippen molar-refractivity contribution >= 4 is 60.1 Å². The molecule has 2 aromatic rings. The molecule has 0 saturated carbocycles. The maximum Gasteiger partial charge on any atom is 0.257 e. The predicted octanol–water partition coefficient (Wildman–Crippen LogP) is 2.69. The van der Waals surface area contributed by atoms with Crippen LogP contribution in [0.5, 0.6) is 0 Å². The Morgan fingerprint density at radius 1 is 1.37 bits per heavy atom. The summed E-state index contributed by atoms with van der Waals surface area (Å²) in [7, 11) is -3.73. The first-order valence-electron chi connectivity index (χ1n) is 8.07. The molecule has 0 unspecified atom stereocenters. The minimum absolute atomic E-state index is 0.0524. The summed E-state index contributed by atoms with van der Waals surface area (Å²) in [6.07, 6.45) is 0. The van der Waals surface area contributed by atoms with E-state index in [0.29, 0.717) is 22.8 Å². The van der Waals surface area contributed by atoms with E-state index in [1.807, 2.05) is 6.92 Å². The highest BCUT2D eigenvalue weighted by Crippen LogP contribution is 2.28. The van der Waals surface area contributed by atoms with E-state index in [1.54, 1.807) is 12.1 Å². The summed E-state index contributed by atoms with van der Waals surface area (Å²) in [5, 5.41) is 10.9. The lowest BCUT2D eigenvalue weighted by molar-refractivity contribution is 0.0730. The van der Waals surface area contributed by atoms with Gasteiger partial charge >= 0.3 is 0 Å². The van der Waals surface area contributed by atoms with Crippen molar-refractivity contribution in [2.75, 3.05) is 37.4 Å². The van der Waals surface area contributed by atoms with E-state index in [0.717, 1.165) is 10.1 Å². The second-order valence-corrected chi connectivity index (χ2v) is 10.7. The first-order chi connectivity index (χ1) is 12.9. The van der Waals surface area contributed by atoms with Crippen LogP contribution >= 0.6 is 39.0 Å². The molecule has 2 heterocycles. The number of hydrogen-bond acceptors (Lipinski definition) is 8. The number of carbonyl (C=O) groups is 1. The van der Waals surface area contributed by atoms with Gasteiger partial charge in [-0.25, -0.2) is 8.42 Å². The molecule has 0 aliphatic carbocycles. The van der Waals surface area contributed by atoms with E-state index in [2.05, 4.69) is 31.4 Å². The fourth-order valence-corrected chi connectivity index (χ4v) is 6.38. The zero-order valence-electron chi connectivity index (χ0n) is 14.3. The number of amides is 1. The van der Waals surface area contributed by atoms with Gasteiger partial charge in [0.25, 0.3) is 5.91 Å². The molecule has 1 aromatic heterocycles. The van der Waals surface area contributed by atoms with Crippen LogP contribution in [0.2, 0.25) is 0 Å². The number of morpholine rings is 1. The van der Waals surface area contributed by atoms with Crippen molar-refractivity contribution in [3.05, 3.63) is 28.2 Å². The number of halogens is 1. The van der Waals surface area contributed by atoms with Crippen molar-refractivity contribution in [3.8, 4) is 0 Å². The zero-order chi connectivity index (χ0) is 19.4. The SMILES string of the molecule is CCSc1nnc(NC(=O)c2ccc(Br)c(S(=O)(=O)N3CCOCC3)c2)s1. The van der Waals surface area contributed by atoms with Crippen LogP contribution in [0.15, 0.2) is 31.9 Å². The summed E-state index contributed by atoms with van der Waals surface area (Å²) >= 11 is 6.09. The minimum atomic E-state index is -3.73. The molecule has 27 heavy (non-hydrogen) atoms. The Bertz CT molecular complexity index is 929. The molecule has 3 rings (SSSR count). The van der Waals surface area contributed by atoms with Gasteiger partial charge in [0.05, 0.1) is 18.1 Å². The molecule has 1 saturated heterocycles. The van der Waals surface area contributed by atoms with Crippen molar-refractivity contribution in [2.45, 2.75) is 16.2 Å². The standard InChI is InChI=1S/C15H17BrN4O4S3/c1-2-25-15-19-18-14(26-15)17-13(21)10-3-4-11(16)12(9-10)27(22,23)20-5-7-24-8-6-20/h3-4,9H,2,5-8H2,1H3,(H,17,18,21). The molecule has 0 bridgehead atoms. The van der Waals surface area contributed by atoms with E-state index in [4.69, 9.17) is 4.74 Å². The largest absolute Gasteiger partial charge is 0.379 e. The molecule has 8 nitrogen and oxygen atoms in total. The highest BCUT2D eigenvalue weighted by Gasteiger charge is 2.29. The van der Waals surface area contributed by atoms with Gasteiger partial charge in [0.15, 0.2) is 4.34 Å². The molecule has 1 aliphatic heterocycles. The fraction of sp³-hybridized carbons (Fsp3) is 0.400. The smallest absolute Gasteiger partial charge is 0.257 e. The van der Waals surface area contributed by atoms with E-state index in [-0.39, 0.29) is 23.5 Å². The maximum absolute atomic E-state index is 12.9. The number of anilines is 1. The summed E-state index contributed by atoms with van der Waals surface area (Å²) in [6, 6.07) is 4.48. The van der Waals surface area contributed by atoms with Crippen LogP contribution in [0.1, 0.15) is 17.3 Å². The Morgan fingerprint density at radius 3 is 2.81 bits per heavy atom. The van der Waals surface area contributed by atoms with Crippen molar-refractivity contribution in [3.63, 3.8) is 0 Å². The molecule has 1 aliphatic rings. The summed E-state index contributed by atoms with van der Waals surface area (Å²) < 4.78 is 33.5. The second-order valence-electron chi connectivity index (χ2n) is 5.42. The van der Waals surface area contributed by atoms with Gasteiger partial charge in [0, 0.05) is 23.1 Å². The fourth-order valence-electron chi connectivity index (χ4n) is 2.38. The van der Waals surface area contributed by atoms with Gasteiger partial charge in [-0.15, -0.1) is 10.2 Å². The Balaban J connectivity index is 1.82. The predicted molar refractivity (Wildman–Crippen MR) is 108 cm³/mol. The highest BCUT2D eigenvalue weighted by molar-refractivity contribution is 9.10. The third-order valence-corrected chi connectivity index (χ3v) is 8.42. The molecule has 0 spiro atoms. The Labute approximate surface area is 173 Å². The molecule has 1 aromatic carbocycles. The number of hydrogen-bond donors (Lipinski definition) is 1. The van der Waals surface area contributed by atoms with Gasteiger partial charge in [-0.05, 0) is 39.9 Å². The molecule has 1 fully saturated rings. The summed E-state index contributed by atoms with van der Waals surface area (Å²) in [5.41, 5.74) is 0.227. The Kier molecular flexibility index (Phi) is 6.87. The number of nitrogens with zero attached hydrogens (tertiary/aromatic N) is 3. The van der Waals surface area contributed by atoms with Crippen molar-refractivity contribution in [1.82, 2.24) is 14.5 Å². The van der Waals surface area contributed by atoms with Crippen LogP contribution in [0.3, 0.4) is 0 Å². The molecule has 1 amide bonds. The van der Waals surface area contributed by atoms with Crippen LogP contribution < -0.4 is 5.32 Å². The third kappa shape index (κ3) is 4.87. The van der Waals surface area contributed by atoms with Crippen LogP contribution in [-0.2, 0) is 14.8 Å². The number of aromatic nitrogens is 2. The molecule has 0 radical (unpaired) electrons. The van der Waals surface area contributed by atoms with Crippen LogP contribution in [0.25, 0.3) is 0 Å². The summed E-state index contributed by atoms with van der Waals surface area (Å²) in [5.74, 6) is 0.419. The van der Waals surface area contributed by atoms with Gasteiger partial charge in [-0.2, -0.15) is 4.31 Å². The molecule has 1 N–H and O–H groups in total. The average molecular weight is 493 g/mol. The van der Waals surface area contributed by atoms with Gasteiger partial charge in [0.2, 0.25) is 15.2 Å². The number of benzene rings is 1. The number of nitrogens with one attached hydrogen (secondary N) is 1. The molecular weight excluding hydrogens is 476 g/mol. The van der Waals surface area contributed by atoms with E-state index >= 15 is 0 Å². The second kappa shape index (κ2) is 8.97. The first kappa shape index (κ1) is 20.7. The van der Waals surface area contributed by atoms with Crippen LogP contribution in [0, 0.1) is 0 Å². The van der Waals surface area contributed by atoms with Crippen LogP contribution in [0.4, 0.5) is 5.13 Å². The summed E-state index contributed by atoms with van der Waals surface area (Å²) in [4.78, 5) is 12.6. The van der Waals surface area contributed by atoms with Crippen molar-refractivity contribution in [2.24, 2.45) is 0 Å². The highest BCUT2D eigenvalue weighted by atomic mass is 79.9. The van der Waals surface area contributed by atoms with Crippen molar-refractivity contribution in [1.29, 1.82) is 0 Å². The summed E-state index contributed by atoms with van der Waals surface area (Å²) in [6.45, 7) is 3.28. The molecular formula is C15H17BrN4O4S3. The van der Waals surface area contributed by atoms with E-state index in [1.165, 1.54) is 33.5 Å². The van der Waals surface area contributed by atoms with Gasteiger partial charge < -0.3 is 4.74 Å². The third-order valence-electron chi connectivity index (χ3n) is 3.68. The Morgan fingerprint density at radius 2 is 2.11 bits per heavy atom. The Hall–Kier alpha value is -1.05. The minimum Gasteiger partial charge on any atom is -0.379 e. The first-order valence-corrected chi connectivity index (χ1v) is 12.1. The average Bonchev–Trinajstić information content (AvgIpc) is 3.10. The lowest BCUT2D eigenvalue weighted by Gasteiger charge is -2.26. The number of sulfonamides is 1. The number of carbonyl (C=O) groups excluding carboxylic acids is 1. The van der Waals surface area contributed by atoms with E-state index < -0.39 is 15.9 Å². The number of ether oxygens (including phenoxy) is 1. The number of thioether (sulfide) groups is 1. The quantitative estimate of drug-likeness (QED) is 0.488. The topological polar surface area (TPSA) is 101 Å². The van der Waals surface area contributed by atoms with E-state index in [9.17, 15) is 13.2 Å². The van der Waals surface area contributed by atoms with Crippen LogP contribution in [-0.4, -0.2) is 60.9 Å². The molecule has 0 atom stereocenters. The van der Waals surface area contributed by atoms with Gasteiger partial charge in [-0.3, -0.25) is 10.1 Å². The normalized spacial score (nSPS) is 15.6. The lowest BCUT2D eigenvalue weighted by Crippen LogP contribution is -2.40. The van der Waals surface area contributed by atoms with Gasteiger partial charge in [-0.1, -0.05) is 30.0 Å². The number of rotatable bonds is 6. The van der Waals surface area contributed by atoms with Gasteiger partial charge in [0.1, 0.15) is 0 Å².